The van der Waals surface area contributed by atoms with Crippen LogP contribution in [0.3, 0.4) is 0 Å². The Morgan fingerprint density at radius 3 is 1.29 bits per heavy atom. The summed E-state index contributed by atoms with van der Waals surface area (Å²) in [7, 11) is 0. The normalized spacial score (nSPS) is 10.4. The third-order valence-electron chi connectivity index (χ3n) is 2.98. The highest BCUT2D eigenvalue weighted by Crippen LogP contribution is 2.31. The summed E-state index contributed by atoms with van der Waals surface area (Å²) in [6, 6.07) is 21.5. The van der Waals surface area contributed by atoms with E-state index in [0.29, 0.717) is 11.8 Å². The van der Waals surface area contributed by atoms with Gasteiger partial charge in [0.2, 0.25) is 0 Å². The summed E-state index contributed by atoms with van der Waals surface area (Å²) in [4.78, 5) is 0. The van der Waals surface area contributed by atoms with Crippen LogP contribution >= 0.6 is 0 Å². The number of hydrogen-bond acceptors (Lipinski definition) is 0. The van der Waals surface area contributed by atoms with E-state index in [0.717, 1.165) is 0 Å². The van der Waals surface area contributed by atoms with Gasteiger partial charge < -0.3 is 0 Å². The highest BCUT2D eigenvalue weighted by Gasteiger charge is 2.16. The lowest BCUT2D eigenvalue weighted by Gasteiger charge is -2.21. The van der Waals surface area contributed by atoms with Crippen LogP contribution in [0.5, 0.6) is 0 Å². The molecule has 0 radical (unpaired) electrons. The first-order valence-electron chi connectivity index (χ1n) is 5.89. The Hall–Kier alpha value is -1.56. The molecule has 0 heterocycles. The van der Waals surface area contributed by atoms with Crippen LogP contribution in [0.25, 0.3) is 0 Å². The maximum atomic E-state index is 2.28. The van der Waals surface area contributed by atoms with Gasteiger partial charge in [0, 0.05) is 5.92 Å². The lowest BCUT2D eigenvalue weighted by molar-refractivity contribution is 0.564. The summed E-state index contributed by atoms with van der Waals surface area (Å²) in [5, 5.41) is 0. The van der Waals surface area contributed by atoms with Crippen molar-refractivity contribution in [2.45, 2.75) is 27.2 Å². The molecule has 0 aliphatic carbocycles. The summed E-state index contributed by atoms with van der Waals surface area (Å²) < 4.78 is 0. The Bertz CT molecular complexity index is 375. The fourth-order valence-corrected chi connectivity index (χ4v) is 2.28. The molecule has 2 rings (SSSR count). The first-order chi connectivity index (χ1) is 7.79. The van der Waals surface area contributed by atoms with Gasteiger partial charge >= 0.3 is 0 Å². The van der Waals surface area contributed by atoms with Gasteiger partial charge in [-0.15, -0.1) is 0 Å². The van der Waals surface area contributed by atoms with E-state index in [4.69, 9.17) is 0 Å². The number of benzene rings is 2. The highest BCUT2D eigenvalue weighted by atomic mass is 14.2. The SMILES string of the molecule is C.CC(C)C(c1ccccc1)c1ccccc1. The average Bonchev–Trinajstić information content (AvgIpc) is 2.31. The van der Waals surface area contributed by atoms with Crippen LogP contribution in [-0.4, -0.2) is 0 Å². The second-order valence-corrected chi connectivity index (χ2v) is 4.54. The van der Waals surface area contributed by atoms with Crippen LogP contribution in [0.4, 0.5) is 0 Å². The van der Waals surface area contributed by atoms with E-state index in [1.165, 1.54) is 11.1 Å². The minimum absolute atomic E-state index is 0. The molecular weight excluding hydrogens is 204 g/mol. The van der Waals surface area contributed by atoms with Gasteiger partial charge in [0.05, 0.1) is 0 Å². The van der Waals surface area contributed by atoms with Crippen molar-refractivity contribution in [3.8, 4) is 0 Å². The molecule has 2 aromatic rings. The van der Waals surface area contributed by atoms with E-state index in [1.54, 1.807) is 0 Å². The Labute approximate surface area is 105 Å². The monoisotopic (exact) mass is 226 g/mol. The zero-order chi connectivity index (χ0) is 11.4. The third kappa shape index (κ3) is 3.20. The highest BCUT2D eigenvalue weighted by molar-refractivity contribution is 5.32. The Morgan fingerprint density at radius 1 is 0.647 bits per heavy atom. The summed E-state index contributed by atoms with van der Waals surface area (Å²) in [5.41, 5.74) is 2.81. The smallest absolute Gasteiger partial charge is 0.0112 e. The first kappa shape index (κ1) is 13.5. The molecule has 0 atom stereocenters. The predicted molar refractivity (Wildman–Crippen MR) is 76.3 cm³/mol. The van der Waals surface area contributed by atoms with Crippen LogP contribution in [0.2, 0.25) is 0 Å². The van der Waals surface area contributed by atoms with Gasteiger partial charge in [-0.05, 0) is 17.0 Å². The maximum absolute atomic E-state index is 2.28. The molecule has 0 saturated heterocycles. The van der Waals surface area contributed by atoms with Gasteiger partial charge in [-0.3, -0.25) is 0 Å². The van der Waals surface area contributed by atoms with Crippen molar-refractivity contribution in [3.05, 3.63) is 71.8 Å². The Kier molecular flexibility index (Phi) is 4.96. The molecule has 0 aromatic heterocycles. The Balaban J connectivity index is 0.00000144. The van der Waals surface area contributed by atoms with E-state index in [-0.39, 0.29) is 7.43 Å². The standard InChI is InChI=1S/C16H18.CH4/c1-13(2)16(14-9-5-3-6-10-14)15-11-7-4-8-12-15;/h3-13,16H,1-2H3;1H4. The molecule has 17 heavy (non-hydrogen) atoms. The van der Waals surface area contributed by atoms with Crippen LogP contribution in [0.15, 0.2) is 60.7 Å². The first-order valence-corrected chi connectivity index (χ1v) is 5.89. The van der Waals surface area contributed by atoms with Crippen molar-refractivity contribution < 1.29 is 0 Å². The molecule has 0 amide bonds. The maximum Gasteiger partial charge on any atom is 0.0112 e. The second kappa shape index (κ2) is 6.24. The van der Waals surface area contributed by atoms with Gasteiger partial charge in [-0.2, -0.15) is 0 Å². The van der Waals surface area contributed by atoms with Gasteiger partial charge in [-0.1, -0.05) is 81.9 Å². The van der Waals surface area contributed by atoms with E-state index < -0.39 is 0 Å². The minimum atomic E-state index is 0. The summed E-state index contributed by atoms with van der Waals surface area (Å²) in [6.07, 6.45) is 0. The summed E-state index contributed by atoms with van der Waals surface area (Å²) in [5.74, 6) is 1.12. The van der Waals surface area contributed by atoms with Crippen molar-refractivity contribution in [2.24, 2.45) is 5.92 Å². The lowest BCUT2D eigenvalue weighted by Crippen LogP contribution is -2.08. The van der Waals surface area contributed by atoms with Gasteiger partial charge in [0.25, 0.3) is 0 Å². The molecule has 2 aromatic carbocycles. The molecule has 0 nitrogen and oxygen atoms in total. The van der Waals surface area contributed by atoms with Gasteiger partial charge in [0.1, 0.15) is 0 Å². The van der Waals surface area contributed by atoms with Gasteiger partial charge in [0.15, 0.2) is 0 Å². The molecule has 0 fully saturated rings. The predicted octanol–water partition coefficient (Wildman–Crippen LogP) is 5.11. The number of rotatable bonds is 3. The van der Waals surface area contributed by atoms with E-state index in [1.807, 2.05) is 0 Å². The molecule has 0 bridgehead atoms. The quantitative estimate of drug-likeness (QED) is 0.682. The van der Waals surface area contributed by atoms with Crippen molar-refractivity contribution >= 4 is 0 Å². The van der Waals surface area contributed by atoms with Crippen molar-refractivity contribution in [3.63, 3.8) is 0 Å². The zero-order valence-electron chi connectivity index (χ0n) is 9.93. The molecule has 0 aliphatic rings. The summed E-state index contributed by atoms with van der Waals surface area (Å²) in [6.45, 7) is 4.56. The lowest BCUT2D eigenvalue weighted by atomic mass is 9.83. The largest absolute Gasteiger partial charge is 0.0776 e. The zero-order valence-corrected chi connectivity index (χ0v) is 9.93. The van der Waals surface area contributed by atoms with E-state index in [9.17, 15) is 0 Å². The van der Waals surface area contributed by atoms with Crippen LogP contribution < -0.4 is 0 Å². The molecule has 0 spiro atoms. The van der Waals surface area contributed by atoms with Crippen LogP contribution in [0.1, 0.15) is 38.3 Å². The molecular formula is C17H22. The topological polar surface area (TPSA) is 0 Å². The van der Waals surface area contributed by atoms with E-state index in [2.05, 4.69) is 74.5 Å². The third-order valence-corrected chi connectivity index (χ3v) is 2.98. The minimum Gasteiger partial charge on any atom is -0.0776 e. The van der Waals surface area contributed by atoms with Crippen LogP contribution in [-0.2, 0) is 0 Å². The fraction of sp³-hybridized carbons (Fsp3) is 0.294. The molecule has 0 heteroatoms. The molecule has 0 unspecified atom stereocenters. The van der Waals surface area contributed by atoms with Crippen molar-refractivity contribution in [1.29, 1.82) is 0 Å². The van der Waals surface area contributed by atoms with Crippen molar-refractivity contribution in [1.82, 2.24) is 0 Å². The second-order valence-electron chi connectivity index (χ2n) is 4.54. The fourth-order valence-electron chi connectivity index (χ4n) is 2.28. The Morgan fingerprint density at radius 2 is 1.00 bits per heavy atom. The van der Waals surface area contributed by atoms with Gasteiger partial charge in [-0.25, -0.2) is 0 Å². The van der Waals surface area contributed by atoms with Crippen molar-refractivity contribution in [2.75, 3.05) is 0 Å². The molecule has 0 saturated carbocycles. The molecule has 0 aliphatic heterocycles. The molecule has 90 valence electrons. The number of hydrogen-bond donors (Lipinski definition) is 0. The average molecular weight is 226 g/mol. The summed E-state index contributed by atoms with van der Waals surface area (Å²) >= 11 is 0. The molecule has 0 N–H and O–H groups in total. The van der Waals surface area contributed by atoms with Crippen LogP contribution in [0, 0.1) is 5.92 Å². The van der Waals surface area contributed by atoms with E-state index >= 15 is 0 Å².